The number of hydrogen-bond donors (Lipinski definition) is 1. The first-order valence-electron chi connectivity index (χ1n) is 9.14. The van der Waals surface area contributed by atoms with Crippen LogP contribution in [0.2, 0.25) is 0 Å². The Labute approximate surface area is 147 Å². The maximum atomic E-state index is 13.1. The number of pyridine rings is 1. The van der Waals surface area contributed by atoms with Gasteiger partial charge in [0.25, 0.3) is 5.91 Å². The first kappa shape index (κ1) is 16.1. The number of piperidine rings is 1. The van der Waals surface area contributed by atoms with Gasteiger partial charge in [0, 0.05) is 37.4 Å². The zero-order valence-electron chi connectivity index (χ0n) is 14.8. The van der Waals surface area contributed by atoms with E-state index in [0.717, 1.165) is 36.1 Å². The zero-order valence-corrected chi connectivity index (χ0v) is 14.8. The van der Waals surface area contributed by atoms with Gasteiger partial charge in [-0.05, 0) is 36.8 Å². The molecule has 2 aromatic heterocycles. The summed E-state index contributed by atoms with van der Waals surface area (Å²) in [5.74, 6) is 0.548. The van der Waals surface area contributed by atoms with Crippen molar-refractivity contribution in [2.75, 3.05) is 13.1 Å². The van der Waals surface area contributed by atoms with Crippen molar-refractivity contribution in [1.29, 1.82) is 0 Å². The minimum Gasteiger partial charge on any atom is -0.345 e. The molecule has 0 saturated carbocycles. The number of carbonyl (C=O) groups is 2. The van der Waals surface area contributed by atoms with E-state index in [2.05, 4.69) is 16.9 Å². The van der Waals surface area contributed by atoms with Gasteiger partial charge in [0.1, 0.15) is 11.7 Å². The molecule has 132 valence electrons. The van der Waals surface area contributed by atoms with Crippen molar-refractivity contribution in [2.45, 2.75) is 45.7 Å². The fraction of sp³-hybridized carbons (Fsp3) is 0.526. The molecule has 6 nitrogen and oxygen atoms in total. The van der Waals surface area contributed by atoms with E-state index in [9.17, 15) is 9.59 Å². The van der Waals surface area contributed by atoms with Crippen LogP contribution in [-0.4, -0.2) is 50.7 Å². The molecule has 0 spiro atoms. The van der Waals surface area contributed by atoms with Crippen molar-refractivity contribution < 1.29 is 9.59 Å². The van der Waals surface area contributed by atoms with Crippen LogP contribution in [0.5, 0.6) is 0 Å². The van der Waals surface area contributed by atoms with Gasteiger partial charge in [-0.2, -0.15) is 0 Å². The van der Waals surface area contributed by atoms with Gasteiger partial charge >= 0.3 is 0 Å². The molecule has 2 amide bonds. The quantitative estimate of drug-likeness (QED) is 0.933. The maximum absolute atomic E-state index is 13.1. The van der Waals surface area contributed by atoms with Crippen LogP contribution in [0.1, 0.15) is 49.0 Å². The van der Waals surface area contributed by atoms with E-state index < -0.39 is 6.04 Å². The standard InChI is InChI=1S/C19H24N4O2/c1-3-15(19(25)22-8-4-5-12(2)10-22)23-11-13-6-7-20-17-16(13)14(9-21-17)18(23)24/h6-7,9,12,15H,3-5,8,10-11H2,1-2H3,(H,20,21). The molecule has 2 atom stereocenters. The first-order valence-corrected chi connectivity index (χ1v) is 9.14. The molecule has 2 aromatic rings. The van der Waals surface area contributed by atoms with Gasteiger partial charge in [-0.3, -0.25) is 9.59 Å². The molecule has 0 aliphatic carbocycles. The third kappa shape index (κ3) is 2.60. The SMILES string of the molecule is CCC(C(=O)N1CCCC(C)C1)N1Cc2ccnc3[nH]cc(c23)C1=O. The third-order valence-electron chi connectivity index (χ3n) is 5.51. The van der Waals surface area contributed by atoms with Gasteiger partial charge < -0.3 is 14.8 Å². The molecule has 0 radical (unpaired) electrons. The second-order valence-electron chi connectivity index (χ2n) is 7.28. The maximum Gasteiger partial charge on any atom is 0.257 e. The molecule has 25 heavy (non-hydrogen) atoms. The number of nitrogens with one attached hydrogen (secondary N) is 1. The molecule has 4 heterocycles. The Morgan fingerprint density at radius 3 is 3.08 bits per heavy atom. The lowest BCUT2D eigenvalue weighted by atomic mass is 9.97. The summed E-state index contributed by atoms with van der Waals surface area (Å²) in [7, 11) is 0. The number of nitrogens with zero attached hydrogens (tertiary/aromatic N) is 3. The van der Waals surface area contributed by atoms with Gasteiger partial charge in [-0.15, -0.1) is 0 Å². The number of H-pyrrole nitrogens is 1. The molecule has 2 unspecified atom stereocenters. The van der Waals surface area contributed by atoms with Crippen LogP contribution in [0, 0.1) is 5.92 Å². The van der Waals surface area contributed by atoms with E-state index in [-0.39, 0.29) is 11.8 Å². The van der Waals surface area contributed by atoms with Gasteiger partial charge in [-0.1, -0.05) is 13.8 Å². The highest BCUT2D eigenvalue weighted by Gasteiger charge is 2.37. The number of aromatic amines is 1. The number of aromatic nitrogens is 2. The third-order valence-corrected chi connectivity index (χ3v) is 5.51. The van der Waals surface area contributed by atoms with Crippen LogP contribution in [0.4, 0.5) is 0 Å². The van der Waals surface area contributed by atoms with E-state index in [4.69, 9.17) is 0 Å². The lowest BCUT2D eigenvalue weighted by Gasteiger charge is -2.38. The van der Waals surface area contributed by atoms with E-state index in [0.29, 0.717) is 24.4 Å². The fourth-order valence-corrected chi connectivity index (χ4v) is 4.22. The Hall–Kier alpha value is -2.37. The minimum atomic E-state index is -0.399. The molecule has 1 saturated heterocycles. The highest BCUT2D eigenvalue weighted by atomic mass is 16.2. The summed E-state index contributed by atoms with van der Waals surface area (Å²) >= 11 is 0. The Morgan fingerprint density at radius 2 is 2.32 bits per heavy atom. The van der Waals surface area contributed by atoms with Gasteiger partial charge in [-0.25, -0.2) is 4.98 Å². The van der Waals surface area contributed by atoms with E-state index in [1.54, 1.807) is 17.3 Å². The molecule has 6 heteroatoms. The summed E-state index contributed by atoms with van der Waals surface area (Å²) < 4.78 is 0. The Kier molecular flexibility index (Phi) is 3.98. The Morgan fingerprint density at radius 1 is 1.48 bits per heavy atom. The van der Waals surface area contributed by atoms with E-state index in [1.165, 1.54) is 6.42 Å². The Bertz CT molecular complexity index is 828. The number of hydrogen-bond acceptors (Lipinski definition) is 3. The van der Waals surface area contributed by atoms with Crippen LogP contribution in [0.3, 0.4) is 0 Å². The van der Waals surface area contributed by atoms with Crippen molar-refractivity contribution in [1.82, 2.24) is 19.8 Å². The van der Waals surface area contributed by atoms with Crippen molar-refractivity contribution >= 4 is 22.8 Å². The normalized spacial score (nSPS) is 21.7. The zero-order chi connectivity index (χ0) is 17.6. The molecule has 0 bridgehead atoms. The van der Waals surface area contributed by atoms with Crippen LogP contribution in [0.25, 0.3) is 11.0 Å². The lowest BCUT2D eigenvalue weighted by Crippen LogP contribution is -2.53. The molecule has 2 aliphatic heterocycles. The summed E-state index contributed by atoms with van der Waals surface area (Å²) in [6.45, 7) is 6.24. The van der Waals surface area contributed by atoms with Crippen LogP contribution < -0.4 is 0 Å². The van der Waals surface area contributed by atoms with E-state index in [1.807, 2.05) is 17.9 Å². The van der Waals surface area contributed by atoms with Gasteiger partial charge in [0.15, 0.2) is 0 Å². The smallest absolute Gasteiger partial charge is 0.257 e. The predicted octanol–water partition coefficient (Wildman–Crippen LogP) is 2.56. The summed E-state index contributed by atoms with van der Waals surface area (Å²) in [4.78, 5) is 37.2. The number of carbonyl (C=O) groups excluding carboxylic acids is 2. The van der Waals surface area contributed by atoms with Crippen molar-refractivity contribution in [3.8, 4) is 0 Å². The average Bonchev–Trinajstić information content (AvgIpc) is 3.05. The molecule has 1 fully saturated rings. The molecular weight excluding hydrogens is 316 g/mol. The fourth-order valence-electron chi connectivity index (χ4n) is 4.22. The second-order valence-corrected chi connectivity index (χ2v) is 7.28. The van der Waals surface area contributed by atoms with Crippen LogP contribution in [-0.2, 0) is 11.3 Å². The highest BCUT2D eigenvalue weighted by molar-refractivity contribution is 6.10. The lowest BCUT2D eigenvalue weighted by molar-refractivity contribution is -0.138. The van der Waals surface area contributed by atoms with Crippen molar-refractivity contribution in [3.05, 3.63) is 29.6 Å². The van der Waals surface area contributed by atoms with E-state index >= 15 is 0 Å². The first-order chi connectivity index (χ1) is 12.1. The van der Waals surface area contributed by atoms with Crippen LogP contribution >= 0.6 is 0 Å². The van der Waals surface area contributed by atoms with Crippen LogP contribution in [0.15, 0.2) is 18.5 Å². The minimum absolute atomic E-state index is 0.0722. The molecular formula is C19H24N4O2. The summed E-state index contributed by atoms with van der Waals surface area (Å²) in [6, 6.07) is 1.54. The summed E-state index contributed by atoms with van der Waals surface area (Å²) in [5.41, 5.74) is 2.42. The number of rotatable bonds is 3. The molecule has 1 N–H and O–H groups in total. The predicted molar refractivity (Wildman–Crippen MR) is 95.0 cm³/mol. The molecule has 0 aromatic carbocycles. The largest absolute Gasteiger partial charge is 0.345 e. The summed E-state index contributed by atoms with van der Waals surface area (Å²) in [5, 5.41) is 0.901. The molecule has 2 aliphatic rings. The Balaban J connectivity index is 1.64. The second kappa shape index (κ2) is 6.17. The monoisotopic (exact) mass is 340 g/mol. The highest BCUT2D eigenvalue weighted by Crippen LogP contribution is 2.31. The summed E-state index contributed by atoms with van der Waals surface area (Å²) in [6.07, 6.45) is 6.31. The van der Waals surface area contributed by atoms with Gasteiger partial charge in [0.05, 0.1) is 5.56 Å². The number of likely N-dealkylation sites (tertiary alicyclic amines) is 1. The topological polar surface area (TPSA) is 69.3 Å². The number of amides is 2. The van der Waals surface area contributed by atoms with Crippen molar-refractivity contribution in [3.63, 3.8) is 0 Å². The van der Waals surface area contributed by atoms with Gasteiger partial charge in [0.2, 0.25) is 5.91 Å². The van der Waals surface area contributed by atoms with Crippen molar-refractivity contribution in [2.24, 2.45) is 5.92 Å². The average molecular weight is 340 g/mol. The molecule has 4 rings (SSSR count).